The number of ketones is 1. The first-order valence-electron chi connectivity index (χ1n) is 9.18. The average molecular weight is 394 g/mol. The van der Waals surface area contributed by atoms with Crippen LogP contribution in [-0.4, -0.2) is 48.2 Å². The van der Waals surface area contributed by atoms with Crippen LogP contribution in [0.4, 0.5) is 0 Å². The standard InChI is InChI=1S/C22H20ClN3O2/c23-18-5-6-19-17(14-26-7-9-28-10-8-26)11-20(25-21(19)12-18)15-1-3-16(4-2-15)22(27)13-24/h1-6,11-13,24H,7-10,14H2. The van der Waals surface area contributed by atoms with Crippen molar-refractivity contribution in [2.75, 3.05) is 26.3 Å². The van der Waals surface area contributed by atoms with Crippen molar-refractivity contribution in [1.82, 2.24) is 9.88 Å². The maximum Gasteiger partial charge on any atom is 0.203 e. The van der Waals surface area contributed by atoms with Gasteiger partial charge in [0, 0.05) is 41.2 Å². The van der Waals surface area contributed by atoms with E-state index in [9.17, 15) is 4.79 Å². The Kier molecular flexibility index (Phi) is 5.48. The third-order valence-corrected chi connectivity index (χ3v) is 5.19. The van der Waals surface area contributed by atoms with Crippen LogP contribution in [0.2, 0.25) is 5.02 Å². The van der Waals surface area contributed by atoms with E-state index in [4.69, 9.17) is 26.7 Å². The molecule has 0 aliphatic carbocycles. The van der Waals surface area contributed by atoms with Crippen LogP contribution in [0.5, 0.6) is 0 Å². The number of carbonyl (C=O) groups excluding carboxylic acids is 1. The number of halogens is 1. The summed E-state index contributed by atoms with van der Waals surface area (Å²) < 4.78 is 5.46. The second-order valence-corrected chi connectivity index (χ2v) is 7.24. The number of morpholine rings is 1. The Morgan fingerprint density at radius 1 is 1.14 bits per heavy atom. The normalized spacial score (nSPS) is 14.9. The number of Topliss-reactive ketones (excluding diaryl/α,β-unsaturated/α-hetero) is 1. The molecule has 1 aromatic heterocycles. The first-order chi connectivity index (χ1) is 13.6. The number of ether oxygens (including phenoxy) is 1. The van der Waals surface area contributed by atoms with E-state index in [1.54, 1.807) is 12.1 Å². The van der Waals surface area contributed by atoms with Crippen molar-refractivity contribution in [1.29, 1.82) is 5.41 Å². The lowest BCUT2D eigenvalue weighted by atomic mass is 10.0. The zero-order valence-electron chi connectivity index (χ0n) is 15.3. The number of hydrogen-bond donors (Lipinski definition) is 1. The maximum atomic E-state index is 11.7. The number of nitrogens with one attached hydrogen (secondary N) is 1. The van der Waals surface area contributed by atoms with E-state index in [0.29, 0.717) is 10.6 Å². The smallest absolute Gasteiger partial charge is 0.203 e. The van der Waals surface area contributed by atoms with Crippen LogP contribution in [0, 0.1) is 5.41 Å². The largest absolute Gasteiger partial charge is 0.379 e. The van der Waals surface area contributed by atoms with Crippen molar-refractivity contribution in [3.05, 3.63) is 64.7 Å². The van der Waals surface area contributed by atoms with Crippen molar-refractivity contribution < 1.29 is 9.53 Å². The van der Waals surface area contributed by atoms with Gasteiger partial charge in [0.1, 0.15) is 0 Å². The van der Waals surface area contributed by atoms with Crippen LogP contribution in [0.1, 0.15) is 15.9 Å². The fourth-order valence-electron chi connectivity index (χ4n) is 3.44. The van der Waals surface area contributed by atoms with Crippen LogP contribution >= 0.6 is 11.6 Å². The van der Waals surface area contributed by atoms with Crippen LogP contribution < -0.4 is 0 Å². The first-order valence-corrected chi connectivity index (χ1v) is 9.56. The lowest BCUT2D eigenvalue weighted by Crippen LogP contribution is -2.35. The van der Waals surface area contributed by atoms with Gasteiger partial charge in [0.15, 0.2) is 0 Å². The number of fused-ring (bicyclic) bond motifs is 1. The van der Waals surface area contributed by atoms with Gasteiger partial charge in [-0.2, -0.15) is 0 Å². The molecule has 5 nitrogen and oxygen atoms in total. The molecule has 6 heteroatoms. The number of carbonyl (C=O) groups is 1. The Bertz CT molecular complexity index is 1030. The number of pyridine rings is 1. The minimum absolute atomic E-state index is 0.308. The van der Waals surface area contributed by atoms with E-state index in [2.05, 4.69) is 11.0 Å². The monoisotopic (exact) mass is 393 g/mol. The van der Waals surface area contributed by atoms with Gasteiger partial charge in [0.25, 0.3) is 0 Å². The molecule has 1 fully saturated rings. The van der Waals surface area contributed by atoms with Crippen molar-refractivity contribution in [3.63, 3.8) is 0 Å². The highest BCUT2D eigenvalue weighted by Crippen LogP contribution is 2.28. The van der Waals surface area contributed by atoms with Crippen LogP contribution in [-0.2, 0) is 11.3 Å². The number of nitrogens with zero attached hydrogens (tertiary/aromatic N) is 2. The summed E-state index contributed by atoms with van der Waals surface area (Å²) in [5.74, 6) is -0.308. The van der Waals surface area contributed by atoms with E-state index in [-0.39, 0.29) is 5.78 Å². The molecule has 2 aromatic carbocycles. The van der Waals surface area contributed by atoms with Crippen molar-refractivity contribution in [2.45, 2.75) is 6.54 Å². The maximum absolute atomic E-state index is 11.7. The van der Waals surface area contributed by atoms with Gasteiger partial charge >= 0.3 is 0 Å². The highest BCUT2D eigenvalue weighted by atomic mass is 35.5. The van der Waals surface area contributed by atoms with E-state index in [1.807, 2.05) is 30.3 Å². The van der Waals surface area contributed by atoms with Crippen molar-refractivity contribution in [3.8, 4) is 11.3 Å². The summed E-state index contributed by atoms with van der Waals surface area (Å²) in [7, 11) is 0. The molecule has 0 atom stereocenters. The Morgan fingerprint density at radius 3 is 2.61 bits per heavy atom. The molecule has 0 unspecified atom stereocenters. The summed E-state index contributed by atoms with van der Waals surface area (Å²) in [5.41, 5.74) is 4.31. The van der Waals surface area contributed by atoms with Crippen LogP contribution in [0.3, 0.4) is 0 Å². The third-order valence-electron chi connectivity index (χ3n) is 4.95. The SMILES string of the molecule is N=CC(=O)c1ccc(-c2cc(CN3CCOCC3)c3ccc(Cl)cc3n2)cc1. The highest BCUT2D eigenvalue weighted by Gasteiger charge is 2.15. The molecule has 2 heterocycles. The molecule has 0 bridgehead atoms. The molecule has 1 saturated heterocycles. The van der Waals surface area contributed by atoms with E-state index in [1.165, 1.54) is 5.56 Å². The van der Waals surface area contributed by atoms with Gasteiger partial charge in [-0.15, -0.1) is 0 Å². The van der Waals surface area contributed by atoms with Gasteiger partial charge < -0.3 is 10.1 Å². The lowest BCUT2D eigenvalue weighted by Gasteiger charge is -2.27. The Labute approximate surface area is 168 Å². The number of rotatable bonds is 5. The summed E-state index contributed by atoms with van der Waals surface area (Å²) >= 11 is 6.21. The summed E-state index contributed by atoms with van der Waals surface area (Å²) in [6, 6.07) is 15.1. The highest BCUT2D eigenvalue weighted by molar-refractivity contribution is 6.34. The Hall–Kier alpha value is -2.60. The summed E-state index contributed by atoms with van der Waals surface area (Å²) in [6.45, 7) is 4.15. The molecule has 28 heavy (non-hydrogen) atoms. The van der Waals surface area contributed by atoms with Gasteiger partial charge in [0.2, 0.25) is 5.78 Å². The molecule has 1 N–H and O–H groups in total. The van der Waals surface area contributed by atoms with Crippen LogP contribution in [0.25, 0.3) is 22.2 Å². The van der Waals surface area contributed by atoms with Gasteiger partial charge in [-0.1, -0.05) is 41.9 Å². The fraction of sp³-hybridized carbons (Fsp3) is 0.227. The van der Waals surface area contributed by atoms with Gasteiger partial charge in [0.05, 0.1) is 30.6 Å². The van der Waals surface area contributed by atoms with Crippen LogP contribution in [0.15, 0.2) is 48.5 Å². The molecule has 4 rings (SSSR count). The molecular formula is C22H20ClN3O2. The first kappa shape index (κ1) is 18.7. The summed E-state index contributed by atoms with van der Waals surface area (Å²) in [5, 5.41) is 8.86. The van der Waals surface area contributed by atoms with Crippen molar-refractivity contribution >= 4 is 34.5 Å². The van der Waals surface area contributed by atoms with Gasteiger partial charge in [-0.25, -0.2) is 4.98 Å². The second kappa shape index (κ2) is 8.19. The minimum Gasteiger partial charge on any atom is -0.379 e. The average Bonchev–Trinajstić information content (AvgIpc) is 2.73. The van der Waals surface area contributed by atoms with Gasteiger partial charge in [-0.05, 0) is 23.8 Å². The fourth-order valence-corrected chi connectivity index (χ4v) is 3.61. The van der Waals surface area contributed by atoms with E-state index < -0.39 is 0 Å². The van der Waals surface area contributed by atoms with E-state index in [0.717, 1.165) is 61.2 Å². The second-order valence-electron chi connectivity index (χ2n) is 6.80. The molecular weight excluding hydrogens is 374 g/mol. The minimum atomic E-state index is -0.308. The number of aromatic nitrogens is 1. The number of hydrogen-bond acceptors (Lipinski definition) is 5. The molecule has 0 amide bonds. The Morgan fingerprint density at radius 2 is 1.89 bits per heavy atom. The van der Waals surface area contributed by atoms with E-state index >= 15 is 0 Å². The topological polar surface area (TPSA) is 66.3 Å². The quantitative estimate of drug-likeness (QED) is 0.520. The molecule has 0 radical (unpaired) electrons. The molecule has 1 aliphatic heterocycles. The Balaban J connectivity index is 1.75. The molecule has 0 spiro atoms. The van der Waals surface area contributed by atoms with Gasteiger partial charge in [-0.3, -0.25) is 9.69 Å². The third kappa shape index (κ3) is 3.97. The summed E-state index contributed by atoms with van der Waals surface area (Å²) in [4.78, 5) is 18.8. The predicted molar refractivity (Wildman–Crippen MR) is 111 cm³/mol. The molecule has 0 saturated carbocycles. The van der Waals surface area contributed by atoms with Crippen molar-refractivity contribution in [2.24, 2.45) is 0 Å². The lowest BCUT2D eigenvalue weighted by molar-refractivity contribution is 0.0344. The zero-order chi connectivity index (χ0) is 19.5. The number of benzene rings is 2. The molecule has 142 valence electrons. The zero-order valence-corrected chi connectivity index (χ0v) is 16.1. The summed E-state index contributed by atoms with van der Waals surface area (Å²) in [6.07, 6.45) is 0.825. The molecule has 3 aromatic rings. The predicted octanol–water partition coefficient (Wildman–Crippen LogP) is 4.22. The molecule has 1 aliphatic rings.